The molecule has 0 bridgehead atoms. The second kappa shape index (κ2) is 7.60. The van der Waals surface area contributed by atoms with Crippen molar-refractivity contribution in [2.24, 2.45) is 0 Å². The van der Waals surface area contributed by atoms with Gasteiger partial charge < -0.3 is 19.4 Å². The van der Waals surface area contributed by atoms with Crippen molar-refractivity contribution in [2.45, 2.75) is 20.0 Å². The average Bonchev–Trinajstić information content (AvgIpc) is 2.88. The Morgan fingerprint density at radius 3 is 2.71 bits per heavy atom. The number of hydrogen-bond donors (Lipinski definition) is 1. The fourth-order valence-electron chi connectivity index (χ4n) is 2.04. The van der Waals surface area contributed by atoms with Crippen molar-refractivity contribution < 1.29 is 9.47 Å². The summed E-state index contributed by atoms with van der Waals surface area (Å²) < 4.78 is 13.8. The molecule has 2 aromatic rings. The number of methoxy groups -OCH3 is 2. The molecule has 0 saturated carbocycles. The minimum atomic E-state index is 0.760. The van der Waals surface area contributed by atoms with E-state index in [-0.39, 0.29) is 0 Å². The van der Waals surface area contributed by atoms with Crippen LogP contribution in [0.2, 0.25) is 0 Å². The number of rotatable bonds is 7. The first-order valence-electron chi connectivity index (χ1n) is 6.61. The molecule has 21 heavy (non-hydrogen) atoms. The van der Waals surface area contributed by atoms with Crippen molar-refractivity contribution in [3.8, 4) is 11.5 Å². The average molecular weight is 402 g/mol. The predicted molar refractivity (Wildman–Crippen MR) is 88.7 cm³/mol. The van der Waals surface area contributed by atoms with Crippen LogP contribution in [-0.4, -0.2) is 35.5 Å². The molecule has 0 unspecified atom stereocenters. The first-order chi connectivity index (χ1) is 10.2. The standard InChI is InChI=1S/C14H19IN4O2/c1-10-18-17-9-19(10)5-4-16-8-11-6-12(15)14(21-3)13(7-11)20-2/h6-7,9,16H,4-5,8H2,1-3H3. The molecule has 1 N–H and O–H groups in total. The van der Waals surface area contributed by atoms with Gasteiger partial charge in [-0.15, -0.1) is 10.2 Å². The van der Waals surface area contributed by atoms with Gasteiger partial charge in [-0.3, -0.25) is 0 Å². The van der Waals surface area contributed by atoms with Gasteiger partial charge in [-0.05, 0) is 47.2 Å². The van der Waals surface area contributed by atoms with Gasteiger partial charge in [0.2, 0.25) is 0 Å². The van der Waals surface area contributed by atoms with Crippen molar-refractivity contribution in [2.75, 3.05) is 20.8 Å². The number of ether oxygens (including phenoxy) is 2. The maximum absolute atomic E-state index is 5.36. The second-order valence-electron chi connectivity index (χ2n) is 4.56. The molecule has 0 amide bonds. The van der Waals surface area contributed by atoms with E-state index in [0.717, 1.165) is 46.1 Å². The largest absolute Gasteiger partial charge is 0.493 e. The molecular formula is C14H19IN4O2. The van der Waals surface area contributed by atoms with Crippen LogP contribution in [0.4, 0.5) is 0 Å². The summed E-state index contributed by atoms with van der Waals surface area (Å²) in [5.74, 6) is 2.47. The van der Waals surface area contributed by atoms with Crippen molar-refractivity contribution >= 4 is 22.6 Å². The molecule has 6 nitrogen and oxygen atoms in total. The monoisotopic (exact) mass is 402 g/mol. The number of benzene rings is 1. The van der Waals surface area contributed by atoms with Gasteiger partial charge in [0.25, 0.3) is 0 Å². The lowest BCUT2D eigenvalue weighted by molar-refractivity contribution is 0.352. The molecule has 7 heteroatoms. The molecule has 1 heterocycles. The van der Waals surface area contributed by atoms with Crippen molar-refractivity contribution in [3.63, 3.8) is 0 Å². The molecule has 0 radical (unpaired) electrons. The van der Waals surface area contributed by atoms with E-state index < -0.39 is 0 Å². The summed E-state index contributed by atoms with van der Waals surface area (Å²) in [5.41, 5.74) is 1.16. The van der Waals surface area contributed by atoms with E-state index in [2.05, 4.69) is 44.2 Å². The second-order valence-corrected chi connectivity index (χ2v) is 5.72. The number of nitrogens with zero attached hydrogens (tertiary/aromatic N) is 3. The number of nitrogens with one attached hydrogen (secondary N) is 1. The Morgan fingerprint density at radius 1 is 1.29 bits per heavy atom. The summed E-state index contributed by atoms with van der Waals surface area (Å²) in [4.78, 5) is 0. The summed E-state index contributed by atoms with van der Waals surface area (Å²) in [6, 6.07) is 4.09. The molecule has 0 saturated heterocycles. The molecule has 0 aliphatic carbocycles. The van der Waals surface area contributed by atoms with Crippen LogP contribution in [0, 0.1) is 10.5 Å². The lowest BCUT2D eigenvalue weighted by Crippen LogP contribution is -2.20. The Morgan fingerprint density at radius 2 is 2.10 bits per heavy atom. The van der Waals surface area contributed by atoms with Gasteiger partial charge in [-0.25, -0.2) is 0 Å². The zero-order valence-corrected chi connectivity index (χ0v) is 14.5. The molecule has 0 fully saturated rings. The fourth-order valence-corrected chi connectivity index (χ4v) is 2.92. The third-order valence-corrected chi connectivity index (χ3v) is 3.96. The van der Waals surface area contributed by atoms with Crippen molar-refractivity contribution in [3.05, 3.63) is 33.4 Å². The van der Waals surface area contributed by atoms with Crippen molar-refractivity contribution in [1.29, 1.82) is 0 Å². The van der Waals surface area contributed by atoms with Crippen LogP contribution in [0.1, 0.15) is 11.4 Å². The molecule has 1 aromatic carbocycles. The van der Waals surface area contributed by atoms with E-state index in [4.69, 9.17) is 9.47 Å². The summed E-state index contributed by atoms with van der Waals surface area (Å²) in [5, 5.41) is 11.2. The zero-order chi connectivity index (χ0) is 15.2. The molecule has 114 valence electrons. The maximum Gasteiger partial charge on any atom is 0.174 e. The highest BCUT2D eigenvalue weighted by molar-refractivity contribution is 14.1. The van der Waals surface area contributed by atoms with Crippen LogP contribution < -0.4 is 14.8 Å². The van der Waals surface area contributed by atoms with E-state index in [9.17, 15) is 0 Å². The molecule has 2 rings (SSSR count). The Hall–Kier alpha value is -1.35. The quantitative estimate of drug-likeness (QED) is 0.567. The van der Waals surface area contributed by atoms with Crippen molar-refractivity contribution in [1.82, 2.24) is 20.1 Å². The summed E-state index contributed by atoms with van der Waals surface area (Å²) in [6.07, 6.45) is 1.75. The number of aromatic nitrogens is 3. The first kappa shape index (κ1) is 16.0. The summed E-state index contributed by atoms with van der Waals surface area (Å²) in [6.45, 7) is 4.42. The Kier molecular flexibility index (Phi) is 5.80. The van der Waals surface area contributed by atoms with Crippen LogP contribution in [0.25, 0.3) is 0 Å². The van der Waals surface area contributed by atoms with E-state index in [1.54, 1.807) is 20.5 Å². The lowest BCUT2D eigenvalue weighted by Gasteiger charge is -2.12. The van der Waals surface area contributed by atoms with Crippen LogP contribution >= 0.6 is 22.6 Å². The first-order valence-corrected chi connectivity index (χ1v) is 7.69. The minimum Gasteiger partial charge on any atom is -0.493 e. The predicted octanol–water partition coefficient (Wildman–Crippen LogP) is 2.00. The fraction of sp³-hybridized carbons (Fsp3) is 0.429. The van der Waals surface area contributed by atoms with Gasteiger partial charge >= 0.3 is 0 Å². The van der Waals surface area contributed by atoms with Gasteiger partial charge in [0.05, 0.1) is 17.8 Å². The molecule has 0 aliphatic heterocycles. The number of aryl methyl sites for hydroxylation is 1. The lowest BCUT2D eigenvalue weighted by atomic mass is 10.2. The summed E-state index contributed by atoms with van der Waals surface area (Å²) in [7, 11) is 3.30. The van der Waals surface area contributed by atoms with E-state index in [1.165, 1.54) is 0 Å². The highest BCUT2D eigenvalue weighted by atomic mass is 127. The smallest absolute Gasteiger partial charge is 0.174 e. The van der Waals surface area contributed by atoms with Crippen LogP contribution in [0.3, 0.4) is 0 Å². The SMILES string of the molecule is COc1cc(CNCCn2cnnc2C)cc(I)c1OC. The summed E-state index contributed by atoms with van der Waals surface area (Å²) >= 11 is 2.26. The number of hydrogen-bond acceptors (Lipinski definition) is 5. The molecule has 0 spiro atoms. The van der Waals surface area contributed by atoms with Gasteiger partial charge in [0.15, 0.2) is 11.5 Å². The zero-order valence-electron chi connectivity index (χ0n) is 12.4. The van der Waals surface area contributed by atoms with E-state index in [0.29, 0.717) is 0 Å². The highest BCUT2D eigenvalue weighted by Crippen LogP contribution is 2.33. The number of halogens is 1. The normalized spacial score (nSPS) is 10.7. The highest BCUT2D eigenvalue weighted by Gasteiger charge is 2.10. The topological polar surface area (TPSA) is 61.2 Å². The Balaban J connectivity index is 1.91. The Bertz CT molecular complexity index is 601. The Labute approximate surface area is 138 Å². The molecule has 1 aromatic heterocycles. The van der Waals surface area contributed by atoms with Gasteiger partial charge in [0, 0.05) is 19.6 Å². The van der Waals surface area contributed by atoms with Crippen LogP contribution in [0.5, 0.6) is 11.5 Å². The third-order valence-electron chi connectivity index (χ3n) is 3.16. The van der Waals surface area contributed by atoms with Crippen LogP contribution in [0.15, 0.2) is 18.5 Å². The third kappa shape index (κ3) is 4.07. The molecule has 0 atom stereocenters. The van der Waals surface area contributed by atoms with Gasteiger partial charge in [0.1, 0.15) is 12.2 Å². The van der Waals surface area contributed by atoms with Gasteiger partial charge in [-0.2, -0.15) is 0 Å². The maximum atomic E-state index is 5.36. The molecule has 0 aliphatic rings. The van der Waals surface area contributed by atoms with Crippen LogP contribution in [-0.2, 0) is 13.1 Å². The van der Waals surface area contributed by atoms with Gasteiger partial charge in [-0.1, -0.05) is 0 Å². The van der Waals surface area contributed by atoms with E-state index >= 15 is 0 Å². The minimum absolute atomic E-state index is 0.760. The van der Waals surface area contributed by atoms with E-state index in [1.807, 2.05) is 17.6 Å². The molecular weight excluding hydrogens is 383 g/mol.